The second-order valence-corrected chi connectivity index (χ2v) is 5.92. The standard InChI is InChI=1S/C15H9BrF7N2/c1-8-5-11(16)25-12(10(8)6-9-3-2-4-24-7-9)13(17,14(18,19)20)15(21,22)23/h2-4,7H,6H2,1H3. The lowest BCUT2D eigenvalue weighted by Gasteiger charge is -2.31. The molecule has 0 unspecified atom stereocenters. The molecule has 0 aliphatic heterocycles. The Morgan fingerprint density at radius 1 is 1.08 bits per heavy atom. The summed E-state index contributed by atoms with van der Waals surface area (Å²) in [6.45, 7) is 1.23. The lowest BCUT2D eigenvalue weighted by molar-refractivity contribution is -0.350. The Hall–Kier alpha value is -1.71. The second-order valence-electron chi connectivity index (χ2n) is 5.17. The molecule has 0 atom stereocenters. The van der Waals surface area contributed by atoms with Crippen LogP contribution in [0.25, 0.3) is 0 Å². The monoisotopic (exact) mass is 429 g/mol. The van der Waals surface area contributed by atoms with Gasteiger partial charge in [0.25, 0.3) is 0 Å². The third-order valence-corrected chi connectivity index (χ3v) is 3.83. The van der Waals surface area contributed by atoms with E-state index in [2.05, 4.69) is 32.0 Å². The molecule has 0 spiro atoms. The van der Waals surface area contributed by atoms with Gasteiger partial charge in [-0.1, -0.05) is 6.07 Å². The van der Waals surface area contributed by atoms with Crippen LogP contribution in [0.15, 0.2) is 29.1 Å². The van der Waals surface area contributed by atoms with Crippen molar-refractivity contribution in [2.75, 3.05) is 0 Å². The summed E-state index contributed by atoms with van der Waals surface area (Å²) in [5.74, 6) is 0. The molecular formula is C15H9BrF7N2. The van der Waals surface area contributed by atoms with E-state index >= 15 is 0 Å². The number of aryl methyl sites for hydroxylation is 1. The van der Waals surface area contributed by atoms with Crippen LogP contribution < -0.4 is 0 Å². The predicted octanol–water partition coefficient (Wildman–Crippen LogP) is 5.23. The van der Waals surface area contributed by atoms with Crippen LogP contribution in [0, 0.1) is 13.0 Å². The van der Waals surface area contributed by atoms with Crippen LogP contribution in [0.5, 0.6) is 0 Å². The van der Waals surface area contributed by atoms with Gasteiger partial charge in [0.15, 0.2) is 0 Å². The molecule has 0 fully saturated rings. The third-order valence-electron chi connectivity index (χ3n) is 3.45. The number of halogens is 8. The van der Waals surface area contributed by atoms with Crippen molar-refractivity contribution in [1.82, 2.24) is 9.97 Å². The summed E-state index contributed by atoms with van der Waals surface area (Å²) in [5.41, 5.74) is -7.69. The summed E-state index contributed by atoms with van der Waals surface area (Å²) in [5, 5.41) is 0. The zero-order chi connectivity index (χ0) is 19.0. The third kappa shape index (κ3) is 3.63. The smallest absolute Gasteiger partial charge is 0.264 e. The normalized spacial score (nSPS) is 13.2. The van der Waals surface area contributed by atoms with Gasteiger partial charge in [0, 0.05) is 24.9 Å². The fraction of sp³-hybridized carbons (Fsp3) is 0.333. The maximum absolute atomic E-state index is 14.5. The molecule has 2 aromatic heterocycles. The van der Waals surface area contributed by atoms with Crippen molar-refractivity contribution in [1.29, 1.82) is 0 Å². The van der Waals surface area contributed by atoms with E-state index in [0.29, 0.717) is 5.56 Å². The Bertz CT molecular complexity index is 743. The van der Waals surface area contributed by atoms with Gasteiger partial charge in [-0.3, -0.25) is 4.98 Å². The molecule has 0 bridgehead atoms. The highest BCUT2D eigenvalue weighted by Gasteiger charge is 2.75. The second kappa shape index (κ2) is 6.54. The fourth-order valence-corrected chi connectivity index (χ4v) is 2.71. The van der Waals surface area contributed by atoms with E-state index in [1.165, 1.54) is 31.5 Å². The Morgan fingerprint density at radius 2 is 1.68 bits per heavy atom. The molecular weight excluding hydrogens is 421 g/mol. The number of rotatable bonds is 3. The van der Waals surface area contributed by atoms with E-state index in [1.54, 1.807) is 0 Å². The number of hydrogen-bond acceptors (Lipinski definition) is 2. The van der Waals surface area contributed by atoms with Crippen molar-refractivity contribution in [2.24, 2.45) is 0 Å². The first-order valence-electron chi connectivity index (χ1n) is 6.68. The van der Waals surface area contributed by atoms with Gasteiger partial charge in [-0.25, -0.2) is 9.37 Å². The van der Waals surface area contributed by atoms with Crippen molar-refractivity contribution < 1.29 is 30.7 Å². The van der Waals surface area contributed by atoms with Gasteiger partial charge in [0.2, 0.25) is 0 Å². The number of aromatic nitrogens is 2. The molecule has 0 aliphatic carbocycles. The van der Waals surface area contributed by atoms with Crippen molar-refractivity contribution >= 4 is 15.9 Å². The minimum atomic E-state index is -6.24. The summed E-state index contributed by atoms with van der Waals surface area (Å²) in [7, 11) is 0. The summed E-state index contributed by atoms with van der Waals surface area (Å²) in [6, 6.07) is 5.36. The first-order valence-corrected chi connectivity index (χ1v) is 7.47. The number of hydrogen-bond donors (Lipinski definition) is 0. The van der Waals surface area contributed by atoms with E-state index < -0.39 is 40.3 Å². The molecule has 135 valence electrons. The molecule has 2 heterocycles. The van der Waals surface area contributed by atoms with Crippen molar-refractivity contribution in [2.45, 2.75) is 31.4 Å². The first-order chi connectivity index (χ1) is 11.4. The molecule has 0 saturated heterocycles. The van der Waals surface area contributed by atoms with Gasteiger partial charge in [0.05, 0.1) is 0 Å². The molecule has 10 heteroatoms. The molecule has 1 radical (unpaired) electrons. The minimum absolute atomic E-state index is 0.0868. The average molecular weight is 430 g/mol. The predicted molar refractivity (Wildman–Crippen MR) is 77.4 cm³/mol. The Morgan fingerprint density at radius 3 is 2.16 bits per heavy atom. The van der Waals surface area contributed by atoms with Gasteiger partial charge in [0.1, 0.15) is 10.3 Å². The number of pyridine rings is 2. The van der Waals surface area contributed by atoms with Crippen LogP contribution in [-0.4, -0.2) is 22.3 Å². The van der Waals surface area contributed by atoms with E-state index in [1.807, 2.05) is 0 Å². The van der Waals surface area contributed by atoms with Crippen LogP contribution in [-0.2, 0) is 12.1 Å². The van der Waals surface area contributed by atoms with Crippen molar-refractivity contribution in [3.63, 3.8) is 0 Å². The van der Waals surface area contributed by atoms with Crippen LogP contribution >= 0.6 is 15.9 Å². The van der Waals surface area contributed by atoms with Crippen LogP contribution in [0.4, 0.5) is 30.7 Å². The fourth-order valence-electron chi connectivity index (χ4n) is 2.24. The Balaban J connectivity index is 2.75. The van der Waals surface area contributed by atoms with Crippen LogP contribution in [0.2, 0.25) is 0 Å². The van der Waals surface area contributed by atoms with Crippen molar-refractivity contribution in [3.8, 4) is 0 Å². The molecule has 0 aliphatic rings. The summed E-state index contributed by atoms with van der Waals surface area (Å²) < 4.78 is 92.6. The van der Waals surface area contributed by atoms with E-state index in [-0.39, 0.29) is 5.56 Å². The molecule has 2 rings (SSSR count). The van der Waals surface area contributed by atoms with Gasteiger partial charge in [-0.15, -0.1) is 0 Å². The quantitative estimate of drug-likeness (QED) is 0.493. The highest BCUT2D eigenvalue weighted by Crippen LogP contribution is 2.54. The first kappa shape index (κ1) is 19.6. The van der Waals surface area contributed by atoms with Gasteiger partial charge < -0.3 is 0 Å². The van der Waals surface area contributed by atoms with Gasteiger partial charge in [-0.05, 0) is 45.6 Å². The summed E-state index contributed by atoms with van der Waals surface area (Å²) in [6.07, 6.45) is -10.3. The molecule has 0 aromatic carbocycles. The largest absolute Gasteiger partial charge is 0.437 e. The number of nitrogens with zero attached hydrogens (tertiary/aromatic N) is 2. The lowest BCUT2D eigenvalue weighted by Crippen LogP contribution is -2.51. The van der Waals surface area contributed by atoms with E-state index in [9.17, 15) is 30.7 Å². The topological polar surface area (TPSA) is 25.8 Å². The molecule has 2 aromatic rings. The van der Waals surface area contributed by atoms with E-state index in [0.717, 1.165) is 0 Å². The van der Waals surface area contributed by atoms with Gasteiger partial charge in [-0.2, -0.15) is 26.3 Å². The lowest BCUT2D eigenvalue weighted by atomic mass is 9.90. The summed E-state index contributed by atoms with van der Waals surface area (Å²) in [4.78, 5) is 6.90. The highest BCUT2D eigenvalue weighted by atomic mass is 79.9. The van der Waals surface area contributed by atoms with E-state index in [4.69, 9.17) is 0 Å². The zero-order valence-corrected chi connectivity index (χ0v) is 14.0. The molecule has 0 amide bonds. The average Bonchev–Trinajstić information content (AvgIpc) is 2.47. The van der Waals surface area contributed by atoms with Crippen molar-refractivity contribution in [3.05, 3.63) is 57.6 Å². The summed E-state index contributed by atoms with van der Waals surface area (Å²) >= 11 is 2.68. The Kier molecular flexibility index (Phi) is 5.13. The maximum Gasteiger partial charge on any atom is 0.437 e. The SMILES string of the molecule is Cc1[c]c(Br)nc(C(F)(C(F)(F)F)C(F)(F)F)c1Cc1cccnc1. The molecule has 2 nitrogen and oxygen atoms in total. The maximum atomic E-state index is 14.5. The zero-order valence-electron chi connectivity index (χ0n) is 12.4. The van der Waals surface area contributed by atoms with Crippen LogP contribution in [0.1, 0.15) is 22.4 Å². The number of alkyl halides is 7. The molecule has 0 N–H and O–H groups in total. The molecule has 25 heavy (non-hydrogen) atoms. The van der Waals surface area contributed by atoms with Crippen LogP contribution in [0.3, 0.4) is 0 Å². The highest BCUT2D eigenvalue weighted by molar-refractivity contribution is 9.10. The Labute approximate surface area is 146 Å². The minimum Gasteiger partial charge on any atom is -0.264 e. The van der Waals surface area contributed by atoms with Gasteiger partial charge >= 0.3 is 18.0 Å². The molecule has 0 saturated carbocycles.